The van der Waals surface area contributed by atoms with Gasteiger partial charge in [0.25, 0.3) is 5.92 Å². The Morgan fingerprint density at radius 2 is 2.00 bits per heavy atom. The molecule has 8 heteroatoms. The summed E-state index contributed by atoms with van der Waals surface area (Å²) in [5.74, 6) is -3.24. The van der Waals surface area contributed by atoms with E-state index in [-0.39, 0.29) is 23.9 Å². The zero-order valence-corrected chi connectivity index (χ0v) is 13.1. The van der Waals surface area contributed by atoms with Crippen LogP contribution < -0.4 is 10.1 Å². The van der Waals surface area contributed by atoms with E-state index in [0.29, 0.717) is 31.7 Å². The van der Waals surface area contributed by atoms with Crippen molar-refractivity contribution < 1.29 is 23.7 Å². The number of nitrogens with zero attached hydrogens (tertiary/aromatic N) is 1. The Balaban J connectivity index is 0.00000242. The fraction of sp³-hybridized carbons (Fsp3) is 0.571. The van der Waals surface area contributed by atoms with Crippen LogP contribution in [0.4, 0.5) is 8.78 Å². The number of aliphatic hydroxyl groups excluding tert-OH is 1. The lowest BCUT2D eigenvalue weighted by atomic mass is 9.97. The predicted molar refractivity (Wildman–Crippen MR) is 81.1 cm³/mol. The minimum Gasteiger partial charge on any atom is -0.504 e. The molecule has 0 aliphatic carbocycles. The molecule has 1 aliphatic heterocycles. The third kappa shape index (κ3) is 3.98. The van der Waals surface area contributed by atoms with Crippen LogP contribution in [0.1, 0.15) is 11.6 Å². The summed E-state index contributed by atoms with van der Waals surface area (Å²) in [6.07, 6.45) is 0. The lowest BCUT2D eigenvalue weighted by Gasteiger charge is -2.38. The van der Waals surface area contributed by atoms with Crippen molar-refractivity contribution in [3.05, 3.63) is 23.8 Å². The second-order valence-electron chi connectivity index (χ2n) is 5.04. The van der Waals surface area contributed by atoms with Crippen molar-refractivity contribution in [1.29, 1.82) is 0 Å². The standard InChI is InChI=1S/C14H20F2N2O3.ClH/c1-21-12-8-10(2-3-11(12)20)13(14(15,16)9-19)18-6-4-17-5-7-18;/h2-3,8,13,17,19-20H,4-7,9H2,1H3;1H/t13-;/m0./s1. The largest absolute Gasteiger partial charge is 0.504 e. The summed E-state index contributed by atoms with van der Waals surface area (Å²) in [6.45, 7) is 0.929. The number of hydrogen-bond donors (Lipinski definition) is 3. The van der Waals surface area contributed by atoms with E-state index in [0.717, 1.165) is 0 Å². The third-order valence-corrected chi connectivity index (χ3v) is 3.65. The summed E-state index contributed by atoms with van der Waals surface area (Å²) >= 11 is 0. The van der Waals surface area contributed by atoms with Gasteiger partial charge in [0, 0.05) is 26.2 Å². The average Bonchev–Trinajstić information content (AvgIpc) is 2.50. The van der Waals surface area contributed by atoms with Gasteiger partial charge in [0.05, 0.1) is 7.11 Å². The molecular weight excluding hydrogens is 318 g/mol. The van der Waals surface area contributed by atoms with Crippen molar-refractivity contribution in [3.63, 3.8) is 0 Å². The smallest absolute Gasteiger partial charge is 0.289 e. The number of rotatable bonds is 5. The van der Waals surface area contributed by atoms with Crippen LogP contribution in [0.5, 0.6) is 11.5 Å². The monoisotopic (exact) mass is 338 g/mol. The number of ether oxygens (including phenoxy) is 1. The first-order valence-corrected chi connectivity index (χ1v) is 6.80. The van der Waals surface area contributed by atoms with Crippen LogP contribution in [0, 0.1) is 0 Å². The van der Waals surface area contributed by atoms with Crippen molar-refractivity contribution in [2.24, 2.45) is 0 Å². The molecule has 0 saturated carbocycles. The maximum atomic E-state index is 14.2. The maximum absolute atomic E-state index is 14.2. The van der Waals surface area contributed by atoms with Crippen LogP contribution in [0.25, 0.3) is 0 Å². The van der Waals surface area contributed by atoms with Crippen molar-refractivity contribution in [3.8, 4) is 11.5 Å². The van der Waals surface area contributed by atoms with Gasteiger partial charge in [-0.1, -0.05) is 6.07 Å². The highest BCUT2D eigenvalue weighted by Gasteiger charge is 2.44. The summed E-state index contributed by atoms with van der Waals surface area (Å²) in [5, 5.41) is 21.8. The topological polar surface area (TPSA) is 65.0 Å². The number of aliphatic hydroxyl groups is 1. The molecule has 0 bridgehead atoms. The normalized spacial score (nSPS) is 17.6. The first kappa shape index (κ1) is 18.9. The minimum absolute atomic E-state index is 0. The van der Waals surface area contributed by atoms with E-state index >= 15 is 0 Å². The molecule has 3 N–H and O–H groups in total. The van der Waals surface area contributed by atoms with E-state index in [2.05, 4.69) is 5.32 Å². The van der Waals surface area contributed by atoms with Gasteiger partial charge in [-0.15, -0.1) is 12.4 Å². The van der Waals surface area contributed by atoms with Crippen LogP contribution in [-0.2, 0) is 0 Å². The van der Waals surface area contributed by atoms with Crippen LogP contribution >= 0.6 is 12.4 Å². The van der Waals surface area contributed by atoms with E-state index in [1.807, 2.05) is 0 Å². The number of halogens is 3. The second-order valence-corrected chi connectivity index (χ2v) is 5.04. The highest BCUT2D eigenvalue weighted by atomic mass is 35.5. The van der Waals surface area contributed by atoms with Gasteiger partial charge in [0.2, 0.25) is 0 Å². The number of phenolic OH excluding ortho intramolecular Hbond substituents is 1. The van der Waals surface area contributed by atoms with E-state index in [1.54, 1.807) is 4.90 Å². The van der Waals surface area contributed by atoms with Gasteiger partial charge < -0.3 is 20.3 Å². The number of aromatic hydroxyl groups is 1. The van der Waals surface area contributed by atoms with Crippen LogP contribution in [0.3, 0.4) is 0 Å². The number of methoxy groups -OCH3 is 1. The Hall–Kier alpha value is -1.15. The lowest BCUT2D eigenvalue weighted by Crippen LogP contribution is -2.51. The van der Waals surface area contributed by atoms with Crippen molar-refractivity contribution in [2.75, 3.05) is 39.9 Å². The molecule has 1 saturated heterocycles. The molecule has 0 unspecified atom stereocenters. The fourth-order valence-corrected chi connectivity index (χ4v) is 2.61. The molecule has 1 aromatic rings. The number of benzene rings is 1. The van der Waals surface area contributed by atoms with E-state index in [9.17, 15) is 13.9 Å². The van der Waals surface area contributed by atoms with Gasteiger partial charge in [-0.3, -0.25) is 4.90 Å². The van der Waals surface area contributed by atoms with Gasteiger partial charge >= 0.3 is 0 Å². The quantitative estimate of drug-likeness (QED) is 0.757. The molecule has 0 spiro atoms. The molecule has 0 radical (unpaired) electrons. The number of alkyl halides is 2. The first-order chi connectivity index (χ1) is 9.99. The fourth-order valence-electron chi connectivity index (χ4n) is 2.61. The Kier molecular flexibility index (Phi) is 6.80. The van der Waals surface area contributed by atoms with Crippen LogP contribution in [0.2, 0.25) is 0 Å². The zero-order chi connectivity index (χ0) is 15.5. The molecule has 2 rings (SSSR count). The Labute approximate surface area is 134 Å². The highest BCUT2D eigenvalue weighted by Crippen LogP contribution is 2.39. The van der Waals surface area contributed by atoms with Crippen LogP contribution in [-0.4, -0.2) is 60.9 Å². The molecule has 22 heavy (non-hydrogen) atoms. The second kappa shape index (κ2) is 7.92. The van der Waals surface area contributed by atoms with E-state index in [4.69, 9.17) is 9.84 Å². The van der Waals surface area contributed by atoms with Crippen molar-refractivity contribution in [1.82, 2.24) is 10.2 Å². The maximum Gasteiger partial charge on any atom is 0.289 e. The molecule has 5 nitrogen and oxygen atoms in total. The Morgan fingerprint density at radius 3 is 2.55 bits per heavy atom. The minimum atomic E-state index is -3.28. The van der Waals surface area contributed by atoms with Gasteiger partial charge in [-0.05, 0) is 17.7 Å². The lowest BCUT2D eigenvalue weighted by molar-refractivity contribution is -0.118. The zero-order valence-electron chi connectivity index (χ0n) is 12.3. The third-order valence-electron chi connectivity index (χ3n) is 3.65. The summed E-state index contributed by atoms with van der Waals surface area (Å²) in [5.41, 5.74) is 0.311. The molecule has 1 aliphatic rings. The molecule has 1 aromatic carbocycles. The van der Waals surface area contributed by atoms with Crippen molar-refractivity contribution >= 4 is 12.4 Å². The number of piperazine rings is 1. The van der Waals surface area contributed by atoms with E-state index in [1.165, 1.54) is 25.3 Å². The highest BCUT2D eigenvalue weighted by molar-refractivity contribution is 5.85. The Morgan fingerprint density at radius 1 is 1.36 bits per heavy atom. The van der Waals surface area contributed by atoms with Gasteiger partial charge in [0.15, 0.2) is 11.5 Å². The van der Waals surface area contributed by atoms with Crippen LogP contribution in [0.15, 0.2) is 18.2 Å². The Bertz CT molecular complexity index is 485. The van der Waals surface area contributed by atoms with E-state index < -0.39 is 18.6 Å². The predicted octanol–water partition coefficient (Wildman–Crippen LogP) is 1.40. The molecule has 1 atom stereocenters. The molecule has 1 heterocycles. The summed E-state index contributed by atoms with van der Waals surface area (Å²) in [4.78, 5) is 1.64. The number of nitrogens with one attached hydrogen (secondary N) is 1. The summed E-state index contributed by atoms with van der Waals surface area (Å²) < 4.78 is 33.4. The van der Waals surface area contributed by atoms with Gasteiger partial charge in [-0.25, -0.2) is 8.78 Å². The average molecular weight is 339 g/mol. The van der Waals surface area contributed by atoms with Gasteiger partial charge in [0.1, 0.15) is 12.6 Å². The molecule has 0 amide bonds. The SMILES string of the molecule is COc1cc([C@H](N2CCNCC2)C(F)(F)CO)ccc1O.Cl. The van der Waals surface area contributed by atoms with Gasteiger partial charge in [-0.2, -0.15) is 0 Å². The molecule has 0 aromatic heterocycles. The summed E-state index contributed by atoms with van der Waals surface area (Å²) in [7, 11) is 1.36. The molecule has 126 valence electrons. The molecule has 1 fully saturated rings. The number of hydrogen-bond acceptors (Lipinski definition) is 5. The molecular formula is C14H21ClF2N2O3. The summed E-state index contributed by atoms with van der Waals surface area (Å²) in [6, 6.07) is 2.91. The first-order valence-electron chi connectivity index (χ1n) is 6.80. The van der Waals surface area contributed by atoms with Crippen molar-refractivity contribution in [2.45, 2.75) is 12.0 Å². The number of phenols is 1.